The van der Waals surface area contributed by atoms with Crippen LogP contribution in [0.1, 0.15) is 5.56 Å². The highest BCUT2D eigenvalue weighted by molar-refractivity contribution is 15.0. The van der Waals surface area contributed by atoms with Crippen LogP contribution < -0.4 is 0 Å². The highest BCUT2D eigenvalue weighted by Crippen LogP contribution is 1.97. The van der Waals surface area contributed by atoms with Crippen LogP contribution >= 0.6 is 37.2 Å². The van der Waals surface area contributed by atoms with Crippen LogP contribution in [0.25, 0.3) is 0 Å². The van der Waals surface area contributed by atoms with Gasteiger partial charge in [0, 0.05) is 49.0 Å². The largest absolute Gasteiger partial charge is 0.228 e. The minimum atomic E-state index is -0.382. The number of nitrogens with zero attached hydrogens (tertiary/aromatic N) is 1. The Morgan fingerprint density at radius 2 is 2.10 bits per heavy atom. The minimum Gasteiger partial charge on any atom is -0.228 e. The zero-order valence-corrected chi connectivity index (χ0v) is 9.63. The van der Waals surface area contributed by atoms with Gasteiger partial charge in [0.05, 0.1) is 0 Å². The zero-order valence-electron chi connectivity index (χ0n) is 5.31. The van der Waals surface area contributed by atoms with E-state index in [9.17, 15) is 4.39 Å². The third-order valence-corrected chi connectivity index (χ3v) is 0.946. The Kier molecular flexibility index (Phi) is 6.60. The summed E-state index contributed by atoms with van der Waals surface area (Å²) in [6, 6.07) is 3.39. The molecule has 4 heteroatoms. The Hall–Kier alpha value is 0.540. The van der Waals surface area contributed by atoms with Crippen molar-refractivity contribution < 1.29 is 4.39 Å². The number of hydrogen-bond acceptors (Lipinski definition) is 1. The summed E-state index contributed by atoms with van der Waals surface area (Å²) in [5.74, 6) is -0.382. The van der Waals surface area contributed by atoms with Crippen LogP contribution in [0.5, 0.6) is 0 Å². The van der Waals surface area contributed by atoms with Crippen molar-refractivity contribution in [3.05, 3.63) is 29.8 Å². The first-order valence-electron chi connectivity index (χ1n) is 2.52. The normalized spacial score (nSPS) is 8.00. The van der Waals surface area contributed by atoms with Crippen molar-refractivity contribution in [3.63, 3.8) is 0 Å². The van der Waals surface area contributed by atoms with E-state index >= 15 is 0 Å². The smallest absolute Gasteiger partial charge is 0.215 e. The molecule has 0 radical (unpaired) electrons. The summed E-state index contributed by atoms with van der Waals surface area (Å²) >= 11 is 4.24. The Morgan fingerprint density at radius 3 is 2.40 bits per heavy atom. The lowest BCUT2D eigenvalue weighted by Gasteiger charge is -1.88. The quantitative estimate of drug-likeness (QED) is 0.508. The SMILES string of the molecule is Cc1cccnc1F.II. The molecule has 0 saturated heterocycles. The zero-order chi connectivity index (χ0) is 7.98. The number of pyridine rings is 1. The van der Waals surface area contributed by atoms with E-state index in [1.54, 1.807) is 19.1 Å². The molecule has 1 heterocycles. The molecule has 0 amide bonds. The second-order valence-corrected chi connectivity index (χ2v) is 1.61. The van der Waals surface area contributed by atoms with E-state index < -0.39 is 0 Å². The number of hydrogen-bond donors (Lipinski definition) is 0. The van der Waals surface area contributed by atoms with Crippen LogP contribution in [0.15, 0.2) is 18.3 Å². The van der Waals surface area contributed by atoms with Crippen LogP contribution in [-0.2, 0) is 0 Å². The molecule has 0 spiro atoms. The molecule has 0 unspecified atom stereocenters. The summed E-state index contributed by atoms with van der Waals surface area (Å²) in [5, 5.41) is 0. The number of rotatable bonds is 0. The van der Waals surface area contributed by atoms with Gasteiger partial charge in [0.25, 0.3) is 0 Å². The fraction of sp³-hybridized carbons (Fsp3) is 0.167. The summed E-state index contributed by atoms with van der Waals surface area (Å²) in [4.78, 5) is 3.41. The lowest BCUT2D eigenvalue weighted by molar-refractivity contribution is 0.574. The number of aryl methyl sites for hydroxylation is 1. The molecule has 0 atom stereocenters. The second kappa shape index (κ2) is 6.26. The molecule has 0 saturated carbocycles. The lowest BCUT2D eigenvalue weighted by atomic mass is 10.3. The van der Waals surface area contributed by atoms with Gasteiger partial charge >= 0.3 is 0 Å². The maximum Gasteiger partial charge on any atom is 0.215 e. The van der Waals surface area contributed by atoms with E-state index in [2.05, 4.69) is 42.2 Å². The molecule has 0 aliphatic heterocycles. The van der Waals surface area contributed by atoms with Gasteiger partial charge in [-0.2, -0.15) is 4.39 Å². The van der Waals surface area contributed by atoms with E-state index in [4.69, 9.17) is 0 Å². The van der Waals surface area contributed by atoms with Crippen LogP contribution in [0, 0.1) is 12.9 Å². The summed E-state index contributed by atoms with van der Waals surface area (Å²) in [5.41, 5.74) is 0.590. The average Bonchev–Trinajstić information content (AvgIpc) is 2.00. The molecule has 0 aromatic carbocycles. The van der Waals surface area contributed by atoms with Gasteiger partial charge in [0.15, 0.2) is 0 Å². The van der Waals surface area contributed by atoms with Gasteiger partial charge in [-0.3, -0.25) is 0 Å². The van der Waals surface area contributed by atoms with Gasteiger partial charge < -0.3 is 0 Å². The van der Waals surface area contributed by atoms with Crippen molar-refractivity contribution in [2.45, 2.75) is 6.92 Å². The van der Waals surface area contributed by atoms with Gasteiger partial charge in [-0.05, 0) is 13.0 Å². The van der Waals surface area contributed by atoms with Gasteiger partial charge in [-0.15, -0.1) is 0 Å². The Balaban J connectivity index is 0.000000371. The first-order chi connectivity index (χ1) is 4.80. The summed E-state index contributed by atoms with van der Waals surface area (Å²) in [6.07, 6.45) is 1.43. The number of aromatic nitrogens is 1. The standard InChI is InChI=1S/C6H6FN.I2/c1-5-3-2-4-8-6(5)7;1-2/h2-4H,1H3;. The monoisotopic (exact) mass is 365 g/mol. The summed E-state index contributed by atoms with van der Waals surface area (Å²) < 4.78 is 12.2. The predicted molar refractivity (Wildman–Crippen MR) is 57.0 cm³/mol. The maximum absolute atomic E-state index is 12.2. The van der Waals surface area contributed by atoms with Crippen molar-refractivity contribution >= 4 is 37.2 Å². The molecule has 0 aliphatic rings. The fourth-order valence-electron chi connectivity index (χ4n) is 0.466. The van der Waals surface area contributed by atoms with E-state index in [0.29, 0.717) is 5.56 Å². The molecule has 1 aromatic rings. The van der Waals surface area contributed by atoms with E-state index in [1.165, 1.54) is 6.20 Å². The maximum atomic E-state index is 12.2. The third-order valence-electron chi connectivity index (χ3n) is 0.946. The first-order valence-corrected chi connectivity index (χ1v) is 8.80. The van der Waals surface area contributed by atoms with Crippen molar-refractivity contribution in [3.8, 4) is 0 Å². The summed E-state index contributed by atoms with van der Waals surface area (Å²) in [7, 11) is 0. The Labute approximate surface area is 82.7 Å². The van der Waals surface area contributed by atoms with E-state index in [1.807, 2.05) is 0 Å². The molecule has 0 N–H and O–H groups in total. The van der Waals surface area contributed by atoms with Crippen LogP contribution in [0.3, 0.4) is 0 Å². The van der Waals surface area contributed by atoms with E-state index in [-0.39, 0.29) is 5.95 Å². The lowest BCUT2D eigenvalue weighted by Crippen LogP contribution is -1.83. The fourth-order valence-corrected chi connectivity index (χ4v) is 0.466. The topological polar surface area (TPSA) is 12.9 Å². The van der Waals surface area contributed by atoms with Crippen molar-refractivity contribution in [1.29, 1.82) is 0 Å². The van der Waals surface area contributed by atoms with Gasteiger partial charge in [0.1, 0.15) is 0 Å². The third kappa shape index (κ3) is 3.65. The Morgan fingerprint density at radius 1 is 1.50 bits per heavy atom. The van der Waals surface area contributed by atoms with Crippen LogP contribution in [0.4, 0.5) is 4.39 Å². The molecular formula is C6H6FI2N. The Bertz CT molecular complexity index is 172. The predicted octanol–water partition coefficient (Wildman–Crippen LogP) is 3.30. The first kappa shape index (κ1) is 10.5. The van der Waals surface area contributed by atoms with Crippen molar-refractivity contribution in [1.82, 2.24) is 4.98 Å². The van der Waals surface area contributed by atoms with Gasteiger partial charge in [0.2, 0.25) is 5.95 Å². The molecule has 1 rings (SSSR count). The van der Waals surface area contributed by atoms with Gasteiger partial charge in [-0.1, -0.05) is 6.07 Å². The minimum absolute atomic E-state index is 0.382. The molecule has 0 aliphatic carbocycles. The second-order valence-electron chi connectivity index (χ2n) is 1.61. The molecule has 1 nitrogen and oxygen atoms in total. The van der Waals surface area contributed by atoms with Crippen molar-refractivity contribution in [2.75, 3.05) is 0 Å². The summed E-state index contributed by atoms with van der Waals surface area (Å²) in [6.45, 7) is 1.68. The molecule has 0 bridgehead atoms. The highest BCUT2D eigenvalue weighted by Gasteiger charge is 1.90. The number of halogens is 3. The average molecular weight is 365 g/mol. The molecular weight excluding hydrogens is 359 g/mol. The highest BCUT2D eigenvalue weighted by atomic mass is 128. The molecule has 0 fully saturated rings. The molecule has 56 valence electrons. The van der Waals surface area contributed by atoms with Crippen LogP contribution in [-0.4, -0.2) is 4.98 Å². The van der Waals surface area contributed by atoms with Crippen LogP contribution in [0.2, 0.25) is 0 Å². The van der Waals surface area contributed by atoms with Crippen molar-refractivity contribution in [2.24, 2.45) is 0 Å². The molecule has 1 aromatic heterocycles. The van der Waals surface area contributed by atoms with E-state index in [0.717, 1.165) is 0 Å². The molecule has 10 heavy (non-hydrogen) atoms. The van der Waals surface area contributed by atoms with Gasteiger partial charge in [-0.25, -0.2) is 4.98 Å².